The normalized spacial score (nSPS) is 11.2. The number of hydrogen-bond donors (Lipinski definition) is 0. The third-order valence-electron chi connectivity index (χ3n) is 3.94. The summed E-state index contributed by atoms with van der Waals surface area (Å²) in [6, 6.07) is 25.6. The summed E-state index contributed by atoms with van der Waals surface area (Å²) in [6.07, 6.45) is 3.45. The quantitative estimate of drug-likeness (QED) is 0.344. The number of rotatable bonds is 4. The van der Waals surface area contributed by atoms with Gasteiger partial charge in [0.25, 0.3) is 0 Å². The minimum absolute atomic E-state index is 0.000275. The third kappa shape index (κ3) is 3.42. The molecule has 3 heteroatoms. The number of nitrogens with zero attached hydrogens (tertiary/aromatic N) is 1. The molecule has 4 rings (SSSR count). The Morgan fingerprint density at radius 1 is 0.840 bits per heavy atom. The Bertz CT molecular complexity index is 1010. The molecule has 0 radical (unpaired) electrons. The largest absolute Gasteiger partial charge is 0.289 e. The monoisotopic (exact) mass is 341 g/mol. The Hall–Kier alpha value is -3.04. The topological polar surface area (TPSA) is 30.0 Å². The molecule has 0 aliphatic carbocycles. The van der Waals surface area contributed by atoms with Gasteiger partial charge in [0, 0.05) is 11.1 Å². The number of allylic oxidation sites excluding steroid dienone is 1. The summed E-state index contributed by atoms with van der Waals surface area (Å²) in [5.74, 6) is -0.000275. The predicted molar refractivity (Wildman–Crippen MR) is 105 cm³/mol. The van der Waals surface area contributed by atoms with E-state index in [1.165, 1.54) is 4.70 Å². The molecule has 0 fully saturated rings. The first-order chi connectivity index (χ1) is 12.3. The van der Waals surface area contributed by atoms with E-state index in [0.29, 0.717) is 5.56 Å². The van der Waals surface area contributed by atoms with Crippen LogP contribution in [-0.4, -0.2) is 10.8 Å². The lowest BCUT2D eigenvalue weighted by Crippen LogP contribution is -1.93. The molecule has 0 aliphatic heterocycles. The summed E-state index contributed by atoms with van der Waals surface area (Å²) in [4.78, 5) is 17.0. The van der Waals surface area contributed by atoms with E-state index in [9.17, 15) is 4.79 Å². The number of carbonyl (C=O) groups is 1. The molecule has 0 aliphatic rings. The van der Waals surface area contributed by atoms with E-state index in [1.807, 2.05) is 78.9 Å². The van der Waals surface area contributed by atoms with Crippen LogP contribution in [0.1, 0.15) is 15.9 Å². The maximum atomic E-state index is 12.3. The molecule has 2 nitrogen and oxygen atoms in total. The highest BCUT2D eigenvalue weighted by Crippen LogP contribution is 2.30. The molecule has 120 valence electrons. The van der Waals surface area contributed by atoms with Crippen molar-refractivity contribution in [3.05, 3.63) is 96.1 Å². The van der Waals surface area contributed by atoms with Crippen molar-refractivity contribution in [1.82, 2.24) is 4.98 Å². The van der Waals surface area contributed by atoms with Gasteiger partial charge in [-0.25, -0.2) is 4.98 Å². The van der Waals surface area contributed by atoms with Crippen molar-refractivity contribution in [3.63, 3.8) is 0 Å². The predicted octanol–water partition coefficient (Wildman–Crippen LogP) is 5.86. The molecule has 0 unspecified atom stereocenters. The lowest BCUT2D eigenvalue weighted by atomic mass is 10.1. The van der Waals surface area contributed by atoms with Crippen LogP contribution in [0, 0.1) is 0 Å². The maximum absolute atomic E-state index is 12.3. The third-order valence-corrected chi connectivity index (χ3v) is 5.02. The number of para-hydroxylation sites is 1. The van der Waals surface area contributed by atoms with Gasteiger partial charge in [-0.15, -0.1) is 11.3 Å². The zero-order valence-corrected chi connectivity index (χ0v) is 14.2. The number of fused-ring (bicyclic) bond motifs is 1. The zero-order valence-electron chi connectivity index (χ0n) is 13.4. The van der Waals surface area contributed by atoms with E-state index in [-0.39, 0.29) is 5.78 Å². The molecule has 0 amide bonds. The SMILES string of the molecule is O=C(C=Cc1ccccc1)c1ccc(-c2nc3ccccc3s2)cc1. The molecule has 4 aromatic rings. The van der Waals surface area contributed by atoms with Crippen molar-refractivity contribution in [2.75, 3.05) is 0 Å². The van der Waals surface area contributed by atoms with E-state index >= 15 is 0 Å². The van der Waals surface area contributed by atoms with Gasteiger partial charge in [-0.3, -0.25) is 4.79 Å². The molecular formula is C22H15NOS. The molecular weight excluding hydrogens is 326 g/mol. The van der Waals surface area contributed by atoms with E-state index in [2.05, 4.69) is 11.1 Å². The summed E-state index contributed by atoms with van der Waals surface area (Å²) in [6.45, 7) is 0. The summed E-state index contributed by atoms with van der Waals surface area (Å²) in [5, 5.41) is 0.972. The Morgan fingerprint density at radius 2 is 1.56 bits per heavy atom. The van der Waals surface area contributed by atoms with Gasteiger partial charge in [-0.05, 0) is 23.8 Å². The number of aromatic nitrogens is 1. The fourth-order valence-corrected chi connectivity index (χ4v) is 3.58. The van der Waals surface area contributed by atoms with Crippen molar-refractivity contribution >= 4 is 33.4 Å². The average molecular weight is 341 g/mol. The minimum Gasteiger partial charge on any atom is -0.289 e. The Labute approximate surface area is 150 Å². The van der Waals surface area contributed by atoms with Crippen LogP contribution in [0.15, 0.2) is 84.9 Å². The van der Waals surface area contributed by atoms with Crippen LogP contribution in [0.5, 0.6) is 0 Å². The first-order valence-corrected chi connectivity index (χ1v) is 8.85. The summed E-state index contributed by atoms with van der Waals surface area (Å²) in [5.41, 5.74) is 3.73. The van der Waals surface area contributed by atoms with E-state index in [1.54, 1.807) is 17.4 Å². The highest BCUT2D eigenvalue weighted by Gasteiger charge is 2.07. The molecule has 0 saturated heterocycles. The molecule has 3 aromatic carbocycles. The van der Waals surface area contributed by atoms with Gasteiger partial charge in [0.05, 0.1) is 10.2 Å². The molecule has 1 heterocycles. The fraction of sp³-hybridized carbons (Fsp3) is 0. The highest BCUT2D eigenvalue weighted by molar-refractivity contribution is 7.21. The van der Waals surface area contributed by atoms with Gasteiger partial charge < -0.3 is 0 Å². The molecule has 0 bridgehead atoms. The second-order valence-corrected chi connectivity index (χ2v) is 6.70. The molecule has 1 aromatic heterocycles. The zero-order chi connectivity index (χ0) is 17.1. The van der Waals surface area contributed by atoms with E-state index in [4.69, 9.17) is 0 Å². The lowest BCUT2D eigenvalue weighted by Gasteiger charge is -1.99. The molecule has 0 N–H and O–H groups in total. The number of carbonyl (C=O) groups excluding carboxylic acids is 1. The van der Waals surface area contributed by atoms with Gasteiger partial charge in [-0.2, -0.15) is 0 Å². The van der Waals surface area contributed by atoms with E-state index < -0.39 is 0 Å². The lowest BCUT2D eigenvalue weighted by molar-refractivity contribution is 0.104. The highest BCUT2D eigenvalue weighted by atomic mass is 32.1. The van der Waals surface area contributed by atoms with Gasteiger partial charge in [0.1, 0.15) is 5.01 Å². The van der Waals surface area contributed by atoms with Crippen molar-refractivity contribution in [2.45, 2.75) is 0 Å². The minimum atomic E-state index is -0.000275. The maximum Gasteiger partial charge on any atom is 0.185 e. The van der Waals surface area contributed by atoms with Crippen molar-refractivity contribution < 1.29 is 4.79 Å². The first-order valence-electron chi connectivity index (χ1n) is 8.03. The van der Waals surface area contributed by atoms with Gasteiger partial charge in [0.2, 0.25) is 0 Å². The molecule has 0 atom stereocenters. The summed E-state index contributed by atoms with van der Waals surface area (Å²) < 4.78 is 1.17. The van der Waals surface area contributed by atoms with Crippen LogP contribution >= 0.6 is 11.3 Å². The molecule has 0 spiro atoms. The number of thiazole rings is 1. The van der Waals surface area contributed by atoms with Crippen LogP contribution < -0.4 is 0 Å². The van der Waals surface area contributed by atoms with Crippen LogP contribution in [0.4, 0.5) is 0 Å². The van der Waals surface area contributed by atoms with Crippen LogP contribution in [-0.2, 0) is 0 Å². The summed E-state index contributed by atoms with van der Waals surface area (Å²) in [7, 11) is 0. The smallest absolute Gasteiger partial charge is 0.185 e. The Morgan fingerprint density at radius 3 is 2.32 bits per heavy atom. The van der Waals surface area contributed by atoms with Crippen LogP contribution in [0.2, 0.25) is 0 Å². The Balaban J connectivity index is 1.55. The molecule has 0 saturated carbocycles. The average Bonchev–Trinajstić information content (AvgIpc) is 3.11. The van der Waals surface area contributed by atoms with Crippen molar-refractivity contribution in [3.8, 4) is 10.6 Å². The van der Waals surface area contributed by atoms with E-state index in [0.717, 1.165) is 21.7 Å². The van der Waals surface area contributed by atoms with Crippen LogP contribution in [0.3, 0.4) is 0 Å². The van der Waals surface area contributed by atoms with Crippen molar-refractivity contribution in [1.29, 1.82) is 0 Å². The van der Waals surface area contributed by atoms with Gasteiger partial charge in [0.15, 0.2) is 5.78 Å². The molecule has 25 heavy (non-hydrogen) atoms. The van der Waals surface area contributed by atoms with Gasteiger partial charge >= 0.3 is 0 Å². The van der Waals surface area contributed by atoms with Gasteiger partial charge in [-0.1, -0.05) is 72.8 Å². The van der Waals surface area contributed by atoms with Crippen molar-refractivity contribution in [2.24, 2.45) is 0 Å². The number of hydrogen-bond acceptors (Lipinski definition) is 3. The number of benzene rings is 3. The second-order valence-electron chi connectivity index (χ2n) is 5.67. The standard InChI is InChI=1S/C22H15NOS/c24-20(15-10-16-6-2-1-3-7-16)17-11-13-18(14-12-17)22-23-19-8-4-5-9-21(19)25-22/h1-15H. The van der Waals surface area contributed by atoms with Crippen LogP contribution in [0.25, 0.3) is 26.9 Å². The second kappa shape index (κ2) is 6.83. The number of ketones is 1. The first kappa shape index (κ1) is 15.5. The summed E-state index contributed by atoms with van der Waals surface area (Å²) >= 11 is 1.66. The fourth-order valence-electron chi connectivity index (χ4n) is 2.61. The Kier molecular flexibility index (Phi) is 4.23.